The van der Waals surface area contributed by atoms with Crippen LogP contribution in [0.2, 0.25) is 0 Å². The van der Waals surface area contributed by atoms with Crippen molar-refractivity contribution in [2.75, 3.05) is 0 Å². The molecule has 11 heavy (non-hydrogen) atoms. The molecule has 2 atom stereocenters. The molecule has 0 bridgehead atoms. The Morgan fingerprint density at radius 2 is 1.18 bits per heavy atom. The van der Waals surface area contributed by atoms with Crippen molar-refractivity contribution in [3.05, 3.63) is 0 Å². The summed E-state index contributed by atoms with van der Waals surface area (Å²) in [5.74, 6) is 0. The first-order chi connectivity index (χ1) is 4.77. The Morgan fingerprint density at radius 3 is 1.27 bits per heavy atom. The standard InChI is InChI=1S/C9H18O2/c1-8(2)5-9(3,4)7(11)6(8)10/h6-7,10-11H,5H2,1-4H3/t6-,7+. The van der Waals surface area contributed by atoms with Gasteiger partial charge in [0.1, 0.15) is 0 Å². The molecule has 0 aromatic rings. The topological polar surface area (TPSA) is 40.5 Å². The molecule has 66 valence electrons. The van der Waals surface area contributed by atoms with Crippen LogP contribution in [0.1, 0.15) is 34.1 Å². The molecule has 1 fully saturated rings. The maximum Gasteiger partial charge on any atom is 0.0855 e. The van der Waals surface area contributed by atoms with Crippen molar-refractivity contribution in [3.8, 4) is 0 Å². The van der Waals surface area contributed by atoms with Crippen molar-refractivity contribution in [3.63, 3.8) is 0 Å². The molecule has 2 heteroatoms. The van der Waals surface area contributed by atoms with Crippen LogP contribution in [0.4, 0.5) is 0 Å². The van der Waals surface area contributed by atoms with E-state index in [1.807, 2.05) is 27.7 Å². The Morgan fingerprint density at radius 1 is 0.909 bits per heavy atom. The van der Waals surface area contributed by atoms with E-state index in [1.165, 1.54) is 0 Å². The molecule has 0 amide bonds. The van der Waals surface area contributed by atoms with Crippen molar-refractivity contribution >= 4 is 0 Å². The highest BCUT2D eigenvalue weighted by Crippen LogP contribution is 2.48. The van der Waals surface area contributed by atoms with Gasteiger partial charge < -0.3 is 10.2 Å². The van der Waals surface area contributed by atoms with Gasteiger partial charge in [0.25, 0.3) is 0 Å². The summed E-state index contributed by atoms with van der Waals surface area (Å²) in [5, 5.41) is 19.2. The average Bonchev–Trinajstić information content (AvgIpc) is 1.91. The van der Waals surface area contributed by atoms with Crippen LogP contribution in [0.15, 0.2) is 0 Å². The largest absolute Gasteiger partial charge is 0.390 e. The second-order valence-electron chi connectivity index (χ2n) is 5.04. The molecule has 0 heterocycles. The van der Waals surface area contributed by atoms with Crippen molar-refractivity contribution in [1.82, 2.24) is 0 Å². The van der Waals surface area contributed by atoms with E-state index in [2.05, 4.69) is 0 Å². The minimum Gasteiger partial charge on any atom is -0.390 e. The molecule has 0 radical (unpaired) electrons. The van der Waals surface area contributed by atoms with Crippen molar-refractivity contribution in [2.24, 2.45) is 10.8 Å². The van der Waals surface area contributed by atoms with Crippen molar-refractivity contribution in [1.29, 1.82) is 0 Å². The minimum atomic E-state index is -0.572. The van der Waals surface area contributed by atoms with Crippen LogP contribution in [-0.4, -0.2) is 22.4 Å². The van der Waals surface area contributed by atoms with Gasteiger partial charge in [-0.05, 0) is 17.3 Å². The van der Waals surface area contributed by atoms with Crippen LogP contribution in [0.5, 0.6) is 0 Å². The van der Waals surface area contributed by atoms with Gasteiger partial charge >= 0.3 is 0 Å². The average molecular weight is 158 g/mol. The molecule has 0 aromatic carbocycles. The molecule has 1 aliphatic carbocycles. The van der Waals surface area contributed by atoms with Crippen LogP contribution in [0.3, 0.4) is 0 Å². The number of hydrogen-bond donors (Lipinski definition) is 2. The van der Waals surface area contributed by atoms with E-state index in [-0.39, 0.29) is 10.8 Å². The number of aliphatic hydroxyl groups is 2. The predicted molar refractivity (Wildman–Crippen MR) is 44.2 cm³/mol. The molecule has 0 unspecified atom stereocenters. The fourth-order valence-electron chi connectivity index (χ4n) is 2.24. The third-order valence-corrected chi connectivity index (χ3v) is 2.81. The highest BCUT2D eigenvalue weighted by atomic mass is 16.3. The number of aliphatic hydroxyl groups excluding tert-OH is 2. The smallest absolute Gasteiger partial charge is 0.0855 e. The molecule has 2 N–H and O–H groups in total. The molecule has 1 saturated carbocycles. The predicted octanol–water partition coefficient (Wildman–Crippen LogP) is 1.16. The minimum absolute atomic E-state index is 0.136. The molecule has 2 nitrogen and oxygen atoms in total. The Labute approximate surface area is 68.2 Å². The van der Waals surface area contributed by atoms with Gasteiger partial charge in [0, 0.05) is 0 Å². The van der Waals surface area contributed by atoms with Gasteiger partial charge in [-0.1, -0.05) is 27.7 Å². The molecular weight excluding hydrogens is 140 g/mol. The van der Waals surface area contributed by atoms with Crippen molar-refractivity contribution in [2.45, 2.75) is 46.3 Å². The first-order valence-corrected chi connectivity index (χ1v) is 4.13. The Hall–Kier alpha value is -0.0800. The highest BCUT2D eigenvalue weighted by Gasteiger charge is 2.51. The summed E-state index contributed by atoms with van der Waals surface area (Å²) in [6, 6.07) is 0. The summed E-state index contributed by atoms with van der Waals surface area (Å²) in [4.78, 5) is 0. The van der Waals surface area contributed by atoms with E-state index >= 15 is 0 Å². The van der Waals surface area contributed by atoms with Gasteiger partial charge in [-0.3, -0.25) is 0 Å². The van der Waals surface area contributed by atoms with Gasteiger partial charge in [0.05, 0.1) is 12.2 Å². The zero-order valence-corrected chi connectivity index (χ0v) is 7.76. The maximum atomic E-state index is 9.61. The highest BCUT2D eigenvalue weighted by molar-refractivity contribution is 5.01. The lowest BCUT2D eigenvalue weighted by molar-refractivity contribution is -0.0320. The summed E-state index contributed by atoms with van der Waals surface area (Å²) < 4.78 is 0. The Bertz CT molecular complexity index is 143. The molecule has 0 aliphatic heterocycles. The summed E-state index contributed by atoms with van der Waals surface area (Å²) in [5.41, 5.74) is -0.272. The fourth-order valence-corrected chi connectivity index (χ4v) is 2.24. The first-order valence-electron chi connectivity index (χ1n) is 4.13. The zero-order chi connectivity index (χ0) is 8.86. The normalized spacial score (nSPS) is 40.9. The lowest BCUT2D eigenvalue weighted by Crippen LogP contribution is -2.34. The van der Waals surface area contributed by atoms with Crippen LogP contribution in [-0.2, 0) is 0 Å². The van der Waals surface area contributed by atoms with E-state index in [0.717, 1.165) is 6.42 Å². The molecule has 0 saturated heterocycles. The first kappa shape index (κ1) is 9.01. The van der Waals surface area contributed by atoms with E-state index in [9.17, 15) is 10.2 Å². The van der Waals surface area contributed by atoms with Crippen molar-refractivity contribution < 1.29 is 10.2 Å². The number of hydrogen-bond acceptors (Lipinski definition) is 2. The van der Waals surface area contributed by atoms with E-state index in [4.69, 9.17) is 0 Å². The summed E-state index contributed by atoms with van der Waals surface area (Å²) >= 11 is 0. The van der Waals surface area contributed by atoms with Crippen LogP contribution in [0, 0.1) is 10.8 Å². The van der Waals surface area contributed by atoms with Gasteiger partial charge in [0.2, 0.25) is 0 Å². The second-order valence-corrected chi connectivity index (χ2v) is 5.04. The Kier molecular flexibility index (Phi) is 1.81. The second kappa shape index (κ2) is 2.20. The summed E-state index contributed by atoms with van der Waals surface area (Å²) in [6.07, 6.45) is -0.266. The van der Waals surface area contributed by atoms with Crippen LogP contribution >= 0.6 is 0 Å². The Balaban J connectivity index is 2.86. The molecular formula is C9H18O2. The third-order valence-electron chi connectivity index (χ3n) is 2.81. The maximum absolute atomic E-state index is 9.61. The number of rotatable bonds is 0. The zero-order valence-electron chi connectivity index (χ0n) is 7.76. The summed E-state index contributed by atoms with van der Waals surface area (Å²) in [6.45, 7) is 7.98. The molecule has 1 aliphatic rings. The fraction of sp³-hybridized carbons (Fsp3) is 1.00. The van der Waals surface area contributed by atoms with Gasteiger partial charge in [-0.15, -0.1) is 0 Å². The van der Waals surface area contributed by atoms with Crippen LogP contribution in [0.25, 0.3) is 0 Å². The molecule has 0 aromatic heterocycles. The van der Waals surface area contributed by atoms with E-state index in [0.29, 0.717) is 0 Å². The quantitative estimate of drug-likeness (QED) is 0.555. The SMILES string of the molecule is CC1(C)CC(C)(C)[C@@H](O)[C@H]1O. The lowest BCUT2D eigenvalue weighted by atomic mass is 9.84. The van der Waals surface area contributed by atoms with E-state index < -0.39 is 12.2 Å². The monoisotopic (exact) mass is 158 g/mol. The van der Waals surface area contributed by atoms with E-state index in [1.54, 1.807) is 0 Å². The van der Waals surface area contributed by atoms with Gasteiger partial charge in [-0.2, -0.15) is 0 Å². The van der Waals surface area contributed by atoms with Gasteiger partial charge in [0.15, 0.2) is 0 Å². The third kappa shape index (κ3) is 1.30. The van der Waals surface area contributed by atoms with Gasteiger partial charge in [-0.25, -0.2) is 0 Å². The molecule has 1 rings (SSSR count). The summed E-state index contributed by atoms with van der Waals surface area (Å²) in [7, 11) is 0. The lowest BCUT2D eigenvalue weighted by Gasteiger charge is -2.23. The molecule has 0 spiro atoms. The van der Waals surface area contributed by atoms with Crippen LogP contribution < -0.4 is 0 Å².